The van der Waals surface area contributed by atoms with Crippen LogP contribution in [0.2, 0.25) is 5.02 Å². The largest absolute Gasteiger partial charge is 0.302 e. The third-order valence-electron chi connectivity index (χ3n) is 8.20. The Hall–Kier alpha value is -2.76. The van der Waals surface area contributed by atoms with E-state index in [4.69, 9.17) is 21.6 Å². The Labute approximate surface area is 217 Å². The summed E-state index contributed by atoms with van der Waals surface area (Å²) < 4.78 is 1.92. The van der Waals surface area contributed by atoms with Crippen LogP contribution in [0.15, 0.2) is 46.9 Å². The highest BCUT2D eigenvalue weighted by atomic mass is 35.5. The van der Waals surface area contributed by atoms with E-state index in [0.29, 0.717) is 0 Å². The van der Waals surface area contributed by atoms with Gasteiger partial charge in [0.25, 0.3) is 5.56 Å². The van der Waals surface area contributed by atoms with E-state index in [9.17, 15) is 4.79 Å². The molecular formula is C30H33ClN4O. The number of likely N-dealkylation sites (tertiary alicyclic amines) is 1. The first-order chi connectivity index (χ1) is 17.6. The number of aryl methyl sites for hydroxylation is 4. The van der Waals surface area contributed by atoms with Gasteiger partial charge in [-0.1, -0.05) is 29.3 Å². The van der Waals surface area contributed by atoms with E-state index in [2.05, 4.69) is 23.1 Å². The maximum atomic E-state index is 13.1. The predicted molar refractivity (Wildman–Crippen MR) is 145 cm³/mol. The molecule has 0 radical (unpaired) electrons. The summed E-state index contributed by atoms with van der Waals surface area (Å²) in [6.07, 6.45) is 9.85. The van der Waals surface area contributed by atoms with Gasteiger partial charge in [-0.2, -0.15) is 0 Å². The van der Waals surface area contributed by atoms with Gasteiger partial charge in [-0.3, -0.25) is 14.3 Å². The molecule has 0 bridgehead atoms. The van der Waals surface area contributed by atoms with Crippen LogP contribution in [0.5, 0.6) is 0 Å². The van der Waals surface area contributed by atoms with Crippen molar-refractivity contribution in [3.05, 3.63) is 96.9 Å². The van der Waals surface area contributed by atoms with Crippen molar-refractivity contribution in [3.63, 3.8) is 0 Å². The molecule has 1 aromatic carbocycles. The van der Waals surface area contributed by atoms with E-state index in [1.807, 2.05) is 29.8 Å². The number of benzene rings is 1. The summed E-state index contributed by atoms with van der Waals surface area (Å²) in [6.45, 7) is 5.73. The van der Waals surface area contributed by atoms with E-state index in [-0.39, 0.29) is 5.56 Å². The Morgan fingerprint density at radius 1 is 0.972 bits per heavy atom. The van der Waals surface area contributed by atoms with Gasteiger partial charge in [0.05, 0.1) is 5.69 Å². The van der Waals surface area contributed by atoms with Crippen LogP contribution < -0.4 is 5.56 Å². The Bertz CT molecular complexity index is 1400. The molecule has 0 N–H and O–H groups in total. The number of nitrogens with zero attached hydrogens (tertiary/aromatic N) is 4. The number of pyridine rings is 1. The molecular weight excluding hydrogens is 468 g/mol. The monoisotopic (exact) mass is 500 g/mol. The van der Waals surface area contributed by atoms with Gasteiger partial charge in [0.1, 0.15) is 5.82 Å². The lowest BCUT2D eigenvalue weighted by atomic mass is 9.88. The Balaban J connectivity index is 1.23. The number of hydrogen-bond donors (Lipinski definition) is 0. The highest BCUT2D eigenvalue weighted by molar-refractivity contribution is 6.30. The molecule has 36 heavy (non-hydrogen) atoms. The standard InChI is InChI=1S/C30H33ClN4O/c1-20-25(30(36)35-15-3-2-6-27(35)33-20)13-18-34-16-11-21(12-17-34)28-26-10-9-24(31)19-23(26)8-7-22-5-4-14-32-29(22)28/h4-5,9-10,14,19H,2-3,6-8,11-13,15-18H2,1H3. The molecule has 3 aliphatic rings. The van der Waals surface area contributed by atoms with Crippen molar-refractivity contribution in [2.24, 2.45) is 0 Å². The average Bonchev–Trinajstić information content (AvgIpc) is 3.05. The summed E-state index contributed by atoms with van der Waals surface area (Å²) in [5.41, 5.74) is 9.91. The van der Waals surface area contributed by atoms with E-state index < -0.39 is 0 Å². The fraction of sp³-hybridized carbons (Fsp3) is 0.433. The molecule has 2 aromatic heterocycles. The zero-order valence-electron chi connectivity index (χ0n) is 21.0. The van der Waals surface area contributed by atoms with Crippen LogP contribution in [-0.4, -0.2) is 39.1 Å². The maximum absolute atomic E-state index is 13.1. The number of aromatic nitrogens is 3. The van der Waals surface area contributed by atoms with E-state index in [1.165, 1.54) is 27.8 Å². The molecule has 6 heteroatoms. The molecule has 0 spiro atoms. The fourth-order valence-corrected chi connectivity index (χ4v) is 6.41. The van der Waals surface area contributed by atoms with Crippen LogP contribution in [-0.2, 0) is 32.2 Å². The highest BCUT2D eigenvalue weighted by Crippen LogP contribution is 2.38. The first-order valence-electron chi connectivity index (χ1n) is 13.3. The Morgan fingerprint density at radius 2 is 1.81 bits per heavy atom. The van der Waals surface area contributed by atoms with Gasteiger partial charge in [-0.05, 0) is 86.8 Å². The lowest BCUT2D eigenvalue weighted by Gasteiger charge is -2.30. The second-order valence-corrected chi connectivity index (χ2v) is 10.8. The second-order valence-electron chi connectivity index (χ2n) is 10.4. The minimum absolute atomic E-state index is 0.188. The Kier molecular flexibility index (Phi) is 6.53. The third-order valence-corrected chi connectivity index (χ3v) is 8.44. The molecule has 1 saturated heterocycles. The Morgan fingerprint density at radius 3 is 2.67 bits per heavy atom. The molecule has 0 amide bonds. The summed E-state index contributed by atoms with van der Waals surface area (Å²) in [5.74, 6) is 0.973. The quantitative estimate of drug-likeness (QED) is 0.497. The van der Waals surface area contributed by atoms with Crippen molar-refractivity contribution in [1.29, 1.82) is 0 Å². The molecule has 1 aliphatic carbocycles. The minimum Gasteiger partial charge on any atom is -0.302 e. The summed E-state index contributed by atoms with van der Waals surface area (Å²) >= 11 is 6.37. The van der Waals surface area contributed by atoms with E-state index in [0.717, 1.165) is 105 Å². The highest BCUT2D eigenvalue weighted by Gasteiger charge is 2.25. The number of halogens is 1. The molecule has 0 unspecified atom stereocenters. The van der Waals surface area contributed by atoms with E-state index in [1.54, 1.807) is 0 Å². The summed E-state index contributed by atoms with van der Waals surface area (Å²) in [4.78, 5) is 25.3. The van der Waals surface area contributed by atoms with Crippen LogP contribution in [0.25, 0.3) is 5.57 Å². The van der Waals surface area contributed by atoms with Gasteiger partial charge in [0.2, 0.25) is 0 Å². The van der Waals surface area contributed by atoms with Gasteiger partial charge in [0.15, 0.2) is 0 Å². The van der Waals surface area contributed by atoms with Crippen LogP contribution in [0.1, 0.15) is 65.1 Å². The summed E-state index contributed by atoms with van der Waals surface area (Å²) in [7, 11) is 0. The topological polar surface area (TPSA) is 51.0 Å². The maximum Gasteiger partial charge on any atom is 0.256 e. The number of hydrogen-bond acceptors (Lipinski definition) is 4. The van der Waals surface area contributed by atoms with Gasteiger partial charge < -0.3 is 4.90 Å². The lowest BCUT2D eigenvalue weighted by molar-refractivity contribution is 0.259. The molecule has 4 heterocycles. The first kappa shape index (κ1) is 23.6. The van der Waals surface area contributed by atoms with Gasteiger partial charge in [-0.25, -0.2) is 4.98 Å². The van der Waals surface area contributed by atoms with Gasteiger partial charge in [-0.15, -0.1) is 0 Å². The minimum atomic E-state index is 0.188. The molecule has 3 aromatic rings. The SMILES string of the molecule is Cc1nc2n(c(=O)c1CCN1CCC(=C3c4ccc(Cl)cc4CCc4cccnc43)CC1)CCCC2. The summed E-state index contributed by atoms with van der Waals surface area (Å²) in [5, 5.41) is 0.801. The zero-order chi connectivity index (χ0) is 24.6. The molecule has 6 rings (SSSR count). The van der Waals surface area contributed by atoms with Crippen LogP contribution in [0.4, 0.5) is 0 Å². The molecule has 186 valence electrons. The van der Waals surface area contributed by atoms with E-state index >= 15 is 0 Å². The number of rotatable bonds is 3. The molecule has 5 nitrogen and oxygen atoms in total. The number of fused-ring (bicyclic) bond motifs is 3. The van der Waals surface area contributed by atoms with Gasteiger partial charge in [0, 0.05) is 60.6 Å². The van der Waals surface area contributed by atoms with Crippen molar-refractivity contribution in [1.82, 2.24) is 19.4 Å². The molecule has 0 atom stereocenters. The first-order valence-corrected chi connectivity index (χ1v) is 13.7. The van der Waals surface area contributed by atoms with Gasteiger partial charge >= 0.3 is 0 Å². The van der Waals surface area contributed by atoms with Crippen molar-refractivity contribution in [2.75, 3.05) is 19.6 Å². The number of piperidine rings is 1. The third kappa shape index (κ3) is 4.44. The average molecular weight is 501 g/mol. The van der Waals surface area contributed by atoms with Crippen molar-refractivity contribution >= 4 is 17.2 Å². The zero-order valence-corrected chi connectivity index (χ0v) is 21.8. The van der Waals surface area contributed by atoms with Crippen LogP contribution >= 0.6 is 11.6 Å². The lowest BCUT2D eigenvalue weighted by Crippen LogP contribution is -2.36. The van der Waals surface area contributed by atoms with Crippen molar-refractivity contribution < 1.29 is 0 Å². The fourth-order valence-electron chi connectivity index (χ4n) is 6.22. The normalized spacial score (nSPS) is 17.8. The molecule has 0 saturated carbocycles. The van der Waals surface area contributed by atoms with Crippen molar-refractivity contribution in [3.8, 4) is 0 Å². The van der Waals surface area contributed by atoms with Crippen LogP contribution in [0, 0.1) is 6.92 Å². The van der Waals surface area contributed by atoms with Crippen LogP contribution in [0.3, 0.4) is 0 Å². The smallest absolute Gasteiger partial charge is 0.256 e. The molecule has 2 aliphatic heterocycles. The molecule has 1 fully saturated rings. The second kappa shape index (κ2) is 9.95. The van der Waals surface area contributed by atoms with Crippen molar-refractivity contribution in [2.45, 2.75) is 64.8 Å². The summed E-state index contributed by atoms with van der Waals surface area (Å²) in [6, 6.07) is 10.6. The predicted octanol–water partition coefficient (Wildman–Crippen LogP) is 5.18.